The van der Waals surface area contributed by atoms with Crippen molar-refractivity contribution >= 4 is 23.1 Å². The summed E-state index contributed by atoms with van der Waals surface area (Å²) in [7, 11) is 0. The number of carboxylic acids is 1. The minimum atomic E-state index is -0.982. The number of rotatable bonds is 6. The Kier molecular flexibility index (Phi) is 5.65. The first-order valence-corrected chi connectivity index (χ1v) is 12.0. The average molecular weight is 490 g/mol. The van der Waals surface area contributed by atoms with E-state index in [1.807, 2.05) is 53.1 Å². The zero-order valence-electron chi connectivity index (χ0n) is 19.8. The molecule has 0 saturated heterocycles. The number of nitrogens with one attached hydrogen (secondary N) is 1. The van der Waals surface area contributed by atoms with E-state index in [4.69, 9.17) is 4.74 Å². The van der Waals surface area contributed by atoms with Crippen molar-refractivity contribution in [3.05, 3.63) is 120 Å². The first-order chi connectivity index (χ1) is 18.1. The van der Waals surface area contributed by atoms with Crippen molar-refractivity contribution in [1.29, 1.82) is 0 Å². The molecule has 0 unspecified atom stereocenters. The van der Waals surface area contributed by atoms with Gasteiger partial charge in [0.25, 0.3) is 0 Å². The SMILES string of the molecule is O=C(NCc1ccc(-n2cnc3cc(C(=O)O)ccc32)cc1)OCC1c2ccccc2-c2ccccc21. The fourth-order valence-corrected chi connectivity index (χ4v) is 4.95. The number of alkyl carbamates (subject to hydrolysis) is 1. The normalized spacial score (nSPS) is 12.2. The van der Waals surface area contributed by atoms with Gasteiger partial charge in [-0.2, -0.15) is 0 Å². The van der Waals surface area contributed by atoms with Crippen LogP contribution in [0.3, 0.4) is 0 Å². The maximum atomic E-state index is 12.5. The van der Waals surface area contributed by atoms with E-state index in [-0.39, 0.29) is 18.1 Å². The van der Waals surface area contributed by atoms with Gasteiger partial charge in [-0.25, -0.2) is 14.6 Å². The molecular formula is C30H23N3O4. The topological polar surface area (TPSA) is 93.5 Å². The van der Waals surface area contributed by atoms with Gasteiger partial charge in [0.05, 0.1) is 16.6 Å². The predicted molar refractivity (Wildman–Crippen MR) is 140 cm³/mol. The van der Waals surface area contributed by atoms with Crippen LogP contribution in [0.2, 0.25) is 0 Å². The third-order valence-corrected chi connectivity index (χ3v) is 6.79. The van der Waals surface area contributed by atoms with E-state index in [1.165, 1.54) is 22.3 Å². The number of hydrogen-bond acceptors (Lipinski definition) is 4. The highest BCUT2D eigenvalue weighted by Gasteiger charge is 2.28. The molecule has 2 N–H and O–H groups in total. The van der Waals surface area contributed by atoms with Crippen LogP contribution in [-0.4, -0.2) is 33.3 Å². The number of carbonyl (C=O) groups excluding carboxylic acids is 1. The Morgan fingerprint density at radius 2 is 1.57 bits per heavy atom. The summed E-state index contributed by atoms with van der Waals surface area (Å²) >= 11 is 0. The second kappa shape index (κ2) is 9.28. The minimum Gasteiger partial charge on any atom is -0.478 e. The van der Waals surface area contributed by atoms with Crippen molar-refractivity contribution in [1.82, 2.24) is 14.9 Å². The molecule has 1 amide bonds. The lowest BCUT2D eigenvalue weighted by Crippen LogP contribution is -2.25. The molecule has 6 rings (SSSR count). The van der Waals surface area contributed by atoms with Crippen LogP contribution >= 0.6 is 0 Å². The molecule has 0 atom stereocenters. The molecule has 1 heterocycles. The third-order valence-electron chi connectivity index (χ3n) is 6.79. The highest BCUT2D eigenvalue weighted by molar-refractivity contribution is 5.92. The average Bonchev–Trinajstić information content (AvgIpc) is 3.50. The summed E-state index contributed by atoms with van der Waals surface area (Å²) < 4.78 is 7.51. The summed E-state index contributed by atoms with van der Waals surface area (Å²) in [4.78, 5) is 28.0. The Morgan fingerprint density at radius 1 is 0.892 bits per heavy atom. The van der Waals surface area contributed by atoms with Gasteiger partial charge in [-0.1, -0.05) is 60.7 Å². The van der Waals surface area contributed by atoms with E-state index in [0.717, 1.165) is 16.8 Å². The monoisotopic (exact) mass is 489 g/mol. The molecule has 37 heavy (non-hydrogen) atoms. The Labute approximate surface area is 213 Å². The van der Waals surface area contributed by atoms with Crippen LogP contribution in [0.25, 0.3) is 27.8 Å². The number of imidazole rings is 1. The third kappa shape index (κ3) is 4.21. The van der Waals surface area contributed by atoms with Crippen LogP contribution in [0, 0.1) is 0 Å². The van der Waals surface area contributed by atoms with Gasteiger partial charge in [0.2, 0.25) is 0 Å². The van der Waals surface area contributed by atoms with Gasteiger partial charge in [-0.3, -0.25) is 4.57 Å². The van der Waals surface area contributed by atoms with Gasteiger partial charge in [-0.15, -0.1) is 0 Å². The van der Waals surface area contributed by atoms with Crippen molar-refractivity contribution in [2.45, 2.75) is 12.5 Å². The summed E-state index contributed by atoms with van der Waals surface area (Å²) in [5, 5.41) is 12.0. The summed E-state index contributed by atoms with van der Waals surface area (Å²) in [5.41, 5.74) is 8.19. The molecule has 1 aliphatic carbocycles. The lowest BCUT2D eigenvalue weighted by molar-refractivity contribution is 0.0697. The maximum absolute atomic E-state index is 12.5. The van der Waals surface area contributed by atoms with Crippen molar-refractivity contribution in [2.75, 3.05) is 6.61 Å². The van der Waals surface area contributed by atoms with E-state index in [9.17, 15) is 14.7 Å². The van der Waals surface area contributed by atoms with E-state index < -0.39 is 12.1 Å². The zero-order chi connectivity index (χ0) is 25.4. The fourth-order valence-electron chi connectivity index (χ4n) is 4.95. The molecule has 7 nitrogen and oxygen atoms in total. The summed E-state index contributed by atoms with van der Waals surface area (Å²) in [6.45, 7) is 0.611. The lowest BCUT2D eigenvalue weighted by Gasteiger charge is -2.14. The standard InChI is InChI=1S/C30H23N3O4/c34-29(35)20-11-14-28-27(15-20)32-18-33(28)21-12-9-19(10-13-21)16-31-30(36)37-17-26-24-7-3-1-5-22(24)23-6-2-4-8-25(23)26/h1-15,18,26H,16-17H2,(H,31,36)(H,34,35). The molecule has 0 bridgehead atoms. The molecule has 182 valence electrons. The first kappa shape index (κ1) is 22.5. The van der Waals surface area contributed by atoms with Crippen LogP contribution in [0.15, 0.2) is 97.3 Å². The minimum absolute atomic E-state index is 0.0222. The largest absolute Gasteiger partial charge is 0.478 e. The van der Waals surface area contributed by atoms with Crippen LogP contribution in [0.1, 0.15) is 33.0 Å². The molecule has 0 aliphatic heterocycles. The Hall–Kier alpha value is -4.91. The van der Waals surface area contributed by atoms with Crippen molar-refractivity contribution < 1.29 is 19.4 Å². The van der Waals surface area contributed by atoms with Crippen molar-refractivity contribution in [3.8, 4) is 16.8 Å². The number of aromatic carboxylic acids is 1. The van der Waals surface area contributed by atoms with Crippen molar-refractivity contribution in [2.24, 2.45) is 0 Å². The molecule has 0 fully saturated rings. The molecule has 0 spiro atoms. The summed E-state index contributed by atoms with van der Waals surface area (Å²) in [5.74, 6) is -0.960. The van der Waals surface area contributed by atoms with Gasteiger partial charge in [0, 0.05) is 18.2 Å². The van der Waals surface area contributed by atoms with Gasteiger partial charge in [-0.05, 0) is 58.1 Å². The molecule has 5 aromatic rings. The Bertz CT molecular complexity index is 1590. The number of benzene rings is 4. The summed E-state index contributed by atoms with van der Waals surface area (Å²) in [6.07, 6.45) is 1.21. The lowest BCUT2D eigenvalue weighted by atomic mass is 9.98. The molecule has 7 heteroatoms. The number of carboxylic acid groups (broad SMARTS) is 1. The highest BCUT2D eigenvalue weighted by Crippen LogP contribution is 2.44. The van der Waals surface area contributed by atoms with Gasteiger partial charge in [0.15, 0.2) is 0 Å². The van der Waals surface area contributed by atoms with Crippen LogP contribution < -0.4 is 5.32 Å². The maximum Gasteiger partial charge on any atom is 0.407 e. The predicted octanol–water partition coefficient (Wildman–Crippen LogP) is 5.76. The van der Waals surface area contributed by atoms with E-state index in [1.54, 1.807) is 24.5 Å². The van der Waals surface area contributed by atoms with Gasteiger partial charge < -0.3 is 15.2 Å². The van der Waals surface area contributed by atoms with Crippen LogP contribution in [-0.2, 0) is 11.3 Å². The number of hydrogen-bond donors (Lipinski definition) is 2. The van der Waals surface area contributed by atoms with Crippen molar-refractivity contribution in [3.63, 3.8) is 0 Å². The Balaban J connectivity index is 1.08. The van der Waals surface area contributed by atoms with E-state index in [0.29, 0.717) is 12.1 Å². The molecular weight excluding hydrogens is 466 g/mol. The Morgan fingerprint density at radius 3 is 2.24 bits per heavy atom. The quantitative estimate of drug-likeness (QED) is 0.316. The zero-order valence-corrected chi connectivity index (χ0v) is 19.8. The number of amides is 1. The smallest absolute Gasteiger partial charge is 0.407 e. The number of ether oxygens (including phenoxy) is 1. The van der Waals surface area contributed by atoms with E-state index >= 15 is 0 Å². The number of nitrogens with zero attached hydrogens (tertiary/aromatic N) is 2. The number of aromatic nitrogens is 2. The second-order valence-electron chi connectivity index (χ2n) is 8.97. The van der Waals surface area contributed by atoms with Gasteiger partial charge >= 0.3 is 12.1 Å². The number of fused-ring (bicyclic) bond motifs is 4. The van der Waals surface area contributed by atoms with E-state index in [2.05, 4.69) is 34.6 Å². The van der Waals surface area contributed by atoms with Crippen LogP contribution in [0.4, 0.5) is 4.79 Å². The second-order valence-corrected chi connectivity index (χ2v) is 8.97. The molecule has 1 aromatic heterocycles. The molecule has 0 radical (unpaired) electrons. The number of carbonyl (C=O) groups is 2. The highest BCUT2D eigenvalue weighted by atomic mass is 16.5. The molecule has 1 aliphatic rings. The fraction of sp³-hybridized carbons (Fsp3) is 0.100. The van der Waals surface area contributed by atoms with Crippen LogP contribution in [0.5, 0.6) is 0 Å². The summed E-state index contributed by atoms with van der Waals surface area (Å²) in [6, 6.07) is 29.1. The molecule has 0 saturated carbocycles. The first-order valence-electron chi connectivity index (χ1n) is 12.0. The molecule has 4 aromatic carbocycles. The van der Waals surface area contributed by atoms with Gasteiger partial charge in [0.1, 0.15) is 12.9 Å².